The number of rotatable bonds is 18. The zero-order chi connectivity index (χ0) is 47.3. The number of nitrogens with one attached hydrogen (secondary N) is 5. The van der Waals surface area contributed by atoms with Crippen molar-refractivity contribution in [3.8, 4) is 28.0 Å². The Morgan fingerprint density at radius 2 is 0.894 bits per heavy atom. The zero-order valence-corrected chi connectivity index (χ0v) is 36.8. The number of phenolic OH excluding ortho intramolecular Hbond substituents is 1. The lowest BCUT2D eigenvalue weighted by atomic mass is 9.93. The van der Waals surface area contributed by atoms with Crippen LogP contribution in [0.1, 0.15) is 52.6 Å². The number of carbonyl (C=O) groups excluding carboxylic acids is 6. The van der Waals surface area contributed by atoms with Gasteiger partial charge in [-0.05, 0) is 71.5 Å². The number of hydrogen-bond acceptors (Lipinski definition) is 8. The number of anilines is 2. The number of benzene rings is 6. The fraction of sp³-hybridized carbons (Fsp3) is 0.192. The van der Waals surface area contributed by atoms with Gasteiger partial charge in [0.15, 0.2) is 0 Å². The van der Waals surface area contributed by atoms with Gasteiger partial charge >= 0.3 is 0 Å². The Bertz CT molecular complexity index is 2700. The van der Waals surface area contributed by atoms with E-state index in [0.717, 1.165) is 5.56 Å². The molecule has 6 aromatic carbocycles. The van der Waals surface area contributed by atoms with Crippen LogP contribution in [-0.2, 0) is 32.0 Å². The number of hydrogen-bond donors (Lipinski definition) is 8. The predicted molar refractivity (Wildman–Crippen MR) is 255 cm³/mol. The van der Waals surface area contributed by atoms with Crippen LogP contribution in [0, 0.1) is 5.92 Å². The van der Waals surface area contributed by atoms with E-state index in [1.165, 1.54) is 12.1 Å². The second-order valence-corrected chi connectivity index (χ2v) is 16.2. The van der Waals surface area contributed by atoms with Gasteiger partial charge in [-0.1, -0.05) is 129 Å². The van der Waals surface area contributed by atoms with Crippen LogP contribution in [0.4, 0.5) is 11.4 Å². The molecule has 4 atom stereocenters. The molecule has 0 fully saturated rings. The van der Waals surface area contributed by atoms with Crippen LogP contribution < -0.4 is 38.1 Å². The Morgan fingerprint density at radius 3 is 1.36 bits per heavy atom. The third kappa shape index (κ3) is 12.1. The average molecular weight is 888 g/mol. The van der Waals surface area contributed by atoms with Crippen LogP contribution in [-0.4, -0.2) is 64.7 Å². The topological polar surface area (TPSA) is 235 Å². The lowest BCUT2D eigenvalue weighted by Gasteiger charge is -2.24. The molecule has 0 saturated carbocycles. The molecule has 338 valence electrons. The Labute approximate surface area is 383 Å². The van der Waals surface area contributed by atoms with E-state index in [4.69, 9.17) is 11.5 Å². The summed E-state index contributed by atoms with van der Waals surface area (Å²) in [5.74, 6) is -3.81. The van der Waals surface area contributed by atoms with Crippen molar-refractivity contribution in [2.75, 3.05) is 10.6 Å². The van der Waals surface area contributed by atoms with E-state index in [1.807, 2.05) is 54.6 Å². The molecule has 0 heterocycles. The minimum absolute atomic E-state index is 0.00850. The smallest absolute Gasteiger partial charge is 0.252 e. The minimum Gasteiger partial charge on any atom is -0.508 e. The van der Waals surface area contributed by atoms with Crippen molar-refractivity contribution in [3.63, 3.8) is 0 Å². The predicted octanol–water partition coefficient (Wildman–Crippen LogP) is 5.96. The highest BCUT2D eigenvalue weighted by atomic mass is 16.3. The summed E-state index contributed by atoms with van der Waals surface area (Å²) in [6.45, 7) is 5.05. The molecule has 0 spiro atoms. The van der Waals surface area contributed by atoms with E-state index in [9.17, 15) is 33.9 Å². The number of amides is 6. The molecule has 0 aromatic heterocycles. The van der Waals surface area contributed by atoms with Crippen molar-refractivity contribution in [1.29, 1.82) is 0 Å². The first-order chi connectivity index (χ1) is 31.7. The molecule has 0 aliphatic rings. The van der Waals surface area contributed by atoms with Crippen LogP contribution in [0.25, 0.3) is 22.3 Å². The van der Waals surface area contributed by atoms with E-state index in [0.29, 0.717) is 39.2 Å². The second kappa shape index (κ2) is 22.0. The van der Waals surface area contributed by atoms with E-state index in [1.54, 1.807) is 106 Å². The van der Waals surface area contributed by atoms with Crippen molar-refractivity contribution in [3.05, 3.63) is 174 Å². The van der Waals surface area contributed by atoms with E-state index >= 15 is 0 Å². The van der Waals surface area contributed by atoms with Gasteiger partial charge in [0.25, 0.3) is 11.8 Å². The molecule has 6 aromatic rings. The normalized spacial score (nSPS) is 12.7. The van der Waals surface area contributed by atoms with Gasteiger partial charge in [0.05, 0.1) is 6.04 Å². The third-order valence-corrected chi connectivity index (χ3v) is 10.9. The first-order valence-electron chi connectivity index (χ1n) is 21.5. The molecule has 0 radical (unpaired) electrons. The highest BCUT2D eigenvalue weighted by molar-refractivity contribution is 6.09. The summed E-state index contributed by atoms with van der Waals surface area (Å²) in [4.78, 5) is 81.9. The molecule has 14 heteroatoms. The molecule has 0 aliphatic carbocycles. The molecule has 0 aliphatic heterocycles. The van der Waals surface area contributed by atoms with Crippen LogP contribution in [0.2, 0.25) is 0 Å². The summed E-state index contributed by atoms with van der Waals surface area (Å²) >= 11 is 0. The molecule has 6 rings (SSSR count). The summed E-state index contributed by atoms with van der Waals surface area (Å²) in [6.07, 6.45) is 0.134. The Balaban J connectivity index is 1.30. The maximum atomic E-state index is 14.5. The van der Waals surface area contributed by atoms with E-state index < -0.39 is 53.7 Å². The van der Waals surface area contributed by atoms with Crippen molar-refractivity contribution < 1.29 is 33.9 Å². The summed E-state index contributed by atoms with van der Waals surface area (Å²) in [5, 5.41) is 24.2. The summed E-state index contributed by atoms with van der Waals surface area (Å²) in [7, 11) is 0. The summed E-state index contributed by atoms with van der Waals surface area (Å²) < 4.78 is 0. The van der Waals surface area contributed by atoms with Gasteiger partial charge in [-0.15, -0.1) is 0 Å². The van der Waals surface area contributed by atoms with Gasteiger partial charge in [0.1, 0.15) is 23.9 Å². The third-order valence-electron chi connectivity index (χ3n) is 10.9. The van der Waals surface area contributed by atoms with E-state index in [-0.39, 0.29) is 41.5 Å². The summed E-state index contributed by atoms with van der Waals surface area (Å²) in [5.41, 5.74) is 16.1. The Morgan fingerprint density at radius 1 is 0.485 bits per heavy atom. The van der Waals surface area contributed by atoms with Crippen LogP contribution in [0.3, 0.4) is 0 Å². The maximum absolute atomic E-state index is 14.5. The van der Waals surface area contributed by atoms with Crippen LogP contribution in [0.15, 0.2) is 152 Å². The van der Waals surface area contributed by atoms with Gasteiger partial charge < -0.3 is 43.2 Å². The van der Waals surface area contributed by atoms with Gasteiger partial charge in [-0.25, -0.2) is 0 Å². The van der Waals surface area contributed by atoms with Gasteiger partial charge in [0.2, 0.25) is 23.6 Å². The highest BCUT2D eigenvalue weighted by Crippen LogP contribution is 2.34. The first-order valence-corrected chi connectivity index (χ1v) is 21.5. The average Bonchev–Trinajstić information content (AvgIpc) is 3.31. The minimum atomic E-state index is -1.18. The Kier molecular flexibility index (Phi) is 15.8. The fourth-order valence-electron chi connectivity index (χ4n) is 7.38. The molecule has 0 unspecified atom stereocenters. The number of para-hydroxylation sites is 2. The summed E-state index contributed by atoms with van der Waals surface area (Å²) in [6, 6.07) is 38.9. The standard InChI is InChI=1S/C52H53N7O7/c1-31(2)46(47(54)61)59-52(66)45(30-34-25-27-35(60)28-26-34)58-50(64)41-22-10-8-18-37(41)36-17-7-9-21-40(36)49(63)57-44(29-33-15-5-4-6-16-33)51(65)56-43-24-14-12-20-39(43)38-19-11-13-23-42(38)55-48(62)32(3)53/h4-28,31-32,44-46,60H,29-30,53H2,1-3H3,(H2,54,61)(H,55,62)(H,56,65)(H,57,63)(H,58,64)(H,59,66)/t32-,44-,45-,46-/m0/s1. The van der Waals surface area contributed by atoms with Gasteiger partial charge in [-0.3, -0.25) is 28.8 Å². The molecule has 6 amide bonds. The number of carbonyl (C=O) groups is 6. The van der Waals surface area contributed by atoms with Crippen molar-refractivity contribution >= 4 is 46.8 Å². The molecule has 14 nitrogen and oxygen atoms in total. The quantitative estimate of drug-likeness (QED) is 0.0512. The van der Waals surface area contributed by atoms with Crippen molar-refractivity contribution in [2.45, 2.75) is 57.8 Å². The Hall–Kier alpha value is -8.10. The molecule has 0 saturated heterocycles. The zero-order valence-electron chi connectivity index (χ0n) is 36.8. The number of phenols is 1. The van der Waals surface area contributed by atoms with Crippen LogP contribution in [0.5, 0.6) is 5.75 Å². The molecule has 10 N–H and O–H groups in total. The second-order valence-electron chi connectivity index (χ2n) is 16.2. The van der Waals surface area contributed by atoms with E-state index in [2.05, 4.69) is 26.6 Å². The van der Waals surface area contributed by atoms with Crippen LogP contribution >= 0.6 is 0 Å². The lowest BCUT2D eigenvalue weighted by Crippen LogP contribution is -2.55. The van der Waals surface area contributed by atoms with Gasteiger partial charge in [-0.2, -0.15) is 0 Å². The molecule has 0 bridgehead atoms. The number of aromatic hydroxyl groups is 1. The SMILES string of the molecule is CC(C)[C@H](NC(=O)[C@H](Cc1ccc(O)cc1)NC(=O)c1ccccc1-c1ccccc1C(=O)N[C@@H](Cc1ccccc1)C(=O)Nc1ccccc1-c1ccccc1NC(=O)[C@H](C)N)C(N)=O. The van der Waals surface area contributed by atoms with Crippen molar-refractivity contribution in [1.82, 2.24) is 16.0 Å². The molecular weight excluding hydrogens is 835 g/mol. The molecular formula is C52H53N7O7. The molecule has 66 heavy (non-hydrogen) atoms. The number of nitrogens with two attached hydrogens (primary N) is 2. The largest absolute Gasteiger partial charge is 0.508 e. The lowest BCUT2D eigenvalue weighted by molar-refractivity contribution is -0.129. The monoisotopic (exact) mass is 887 g/mol. The first kappa shape index (κ1) is 47.4. The highest BCUT2D eigenvalue weighted by Gasteiger charge is 2.30. The fourth-order valence-corrected chi connectivity index (χ4v) is 7.38. The van der Waals surface area contributed by atoms with Gasteiger partial charge in [0, 0.05) is 46.5 Å². The van der Waals surface area contributed by atoms with Crippen molar-refractivity contribution in [2.24, 2.45) is 17.4 Å². The maximum Gasteiger partial charge on any atom is 0.252 e. The number of primary amides is 1.